The lowest BCUT2D eigenvalue weighted by atomic mass is 9.97. The molecule has 2 aliphatic heterocycles. The maximum Gasteiger partial charge on any atom is 0.125 e. The van der Waals surface area contributed by atoms with Crippen LogP contribution in [0, 0.1) is 6.92 Å². The largest absolute Gasteiger partial charge is 0.314 e. The van der Waals surface area contributed by atoms with Crippen molar-refractivity contribution in [2.24, 2.45) is 0 Å². The Hall–Kier alpha value is -1.00. The van der Waals surface area contributed by atoms with Crippen LogP contribution in [-0.4, -0.2) is 39.5 Å². The molecule has 2 unspecified atom stereocenters. The molecule has 1 aromatic heterocycles. The van der Waals surface area contributed by atoms with Gasteiger partial charge in [-0.25, -0.2) is 9.97 Å². The molecule has 0 radical (unpaired) electrons. The summed E-state index contributed by atoms with van der Waals surface area (Å²) >= 11 is 0. The number of nitrogens with zero attached hydrogens (tertiary/aromatic N) is 3. The summed E-state index contributed by atoms with van der Waals surface area (Å²) in [6.45, 7) is 6.38. The number of aryl methyl sites for hydroxylation is 1. The molecule has 1 N–H and O–H groups in total. The van der Waals surface area contributed by atoms with Crippen LogP contribution in [0.4, 0.5) is 0 Å². The number of hydrogen-bond acceptors (Lipinski definition) is 4. The van der Waals surface area contributed by atoms with E-state index in [2.05, 4.69) is 33.2 Å². The first-order valence-electron chi connectivity index (χ1n) is 8.04. The number of rotatable bonds is 5. The standard InChI is InChI=1S/C16H26N4/c1-3-7-18-14-9-15-4-5-16(10-14)20(15)11-13-6-8-17-12(2)19-13/h6,8,14-16,18H,3-5,7,9-11H2,1-2H3. The number of piperidine rings is 1. The molecular formula is C16H26N4. The van der Waals surface area contributed by atoms with Crippen molar-refractivity contribution >= 4 is 0 Å². The Bertz CT molecular complexity index is 434. The van der Waals surface area contributed by atoms with Crippen LogP contribution in [0.2, 0.25) is 0 Å². The number of aromatic nitrogens is 2. The molecule has 0 saturated carbocycles. The molecule has 0 aromatic carbocycles. The first-order chi connectivity index (χ1) is 9.76. The van der Waals surface area contributed by atoms with Crippen LogP contribution in [0.15, 0.2) is 12.3 Å². The van der Waals surface area contributed by atoms with Gasteiger partial charge in [-0.1, -0.05) is 6.92 Å². The SMILES string of the molecule is CCCNC1CC2CCC(C1)N2Cc1ccnc(C)n1. The summed E-state index contributed by atoms with van der Waals surface area (Å²) in [5.74, 6) is 0.884. The molecule has 2 saturated heterocycles. The first kappa shape index (κ1) is 14.0. The molecule has 2 fully saturated rings. The van der Waals surface area contributed by atoms with Gasteiger partial charge in [0.25, 0.3) is 0 Å². The van der Waals surface area contributed by atoms with Gasteiger partial charge in [0.05, 0.1) is 5.69 Å². The summed E-state index contributed by atoms with van der Waals surface area (Å²) in [7, 11) is 0. The Balaban J connectivity index is 1.62. The summed E-state index contributed by atoms with van der Waals surface area (Å²) in [6.07, 6.45) is 8.45. The Labute approximate surface area is 122 Å². The van der Waals surface area contributed by atoms with Gasteiger partial charge < -0.3 is 5.32 Å². The Morgan fingerprint density at radius 1 is 1.30 bits per heavy atom. The number of hydrogen-bond donors (Lipinski definition) is 1. The van der Waals surface area contributed by atoms with E-state index in [1.165, 1.54) is 37.8 Å². The van der Waals surface area contributed by atoms with Crippen molar-refractivity contribution < 1.29 is 0 Å². The fraction of sp³-hybridized carbons (Fsp3) is 0.750. The zero-order valence-electron chi connectivity index (χ0n) is 12.7. The zero-order chi connectivity index (χ0) is 13.9. The highest BCUT2D eigenvalue weighted by atomic mass is 15.2. The van der Waals surface area contributed by atoms with Crippen LogP contribution in [0.5, 0.6) is 0 Å². The normalized spacial score (nSPS) is 29.8. The molecule has 20 heavy (non-hydrogen) atoms. The quantitative estimate of drug-likeness (QED) is 0.894. The molecule has 110 valence electrons. The Morgan fingerprint density at radius 3 is 2.70 bits per heavy atom. The first-order valence-corrected chi connectivity index (χ1v) is 8.04. The summed E-state index contributed by atoms with van der Waals surface area (Å²) in [5.41, 5.74) is 1.18. The van der Waals surface area contributed by atoms with Gasteiger partial charge in [0, 0.05) is 30.9 Å². The molecular weight excluding hydrogens is 248 g/mol. The van der Waals surface area contributed by atoms with Crippen molar-refractivity contribution in [3.05, 3.63) is 23.8 Å². The van der Waals surface area contributed by atoms with Gasteiger partial charge in [-0.2, -0.15) is 0 Å². The van der Waals surface area contributed by atoms with Crippen molar-refractivity contribution in [1.29, 1.82) is 0 Å². The maximum absolute atomic E-state index is 4.56. The highest BCUT2D eigenvalue weighted by Gasteiger charge is 2.40. The second kappa shape index (κ2) is 6.19. The average Bonchev–Trinajstić information content (AvgIpc) is 2.68. The lowest BCUT2D eigenvalue weighted by molar-refractivity contribution is 0.108. The number of fused-ring (bicyclic) bond motifs is 2. The van der Waals surface area contributed by atoms with E-state index in [1.807, 2.05) is 13.1 Å². The van der Waals surface area contributed by atoms with Gasteiger partial charge in [0.1, 0.15) is 5.82 Å². The van der Waals surface area contributed by atoms with Crippen LogP contribution < -0.4 is 5.32 Å². The predicted octanol–water partition coefficient (Wildman–Crippen LogP) is 2.28. The molecule has 2 aliphatic rings. The minimum atomic E-state index is 0.732. The van der Waals surface area contributed by atoms with Crippen LogP contribution in [0.25, 0.3) is 0 Å². The highest BCUT2D eigenvalue weighted by Crippen LogP contribution is 2.36. The molecule has 0 aliphatic carbocycles. The van der Waals surface area contributed by atoms with E-state index in [0.29, 0.717) is 0 Å². The fourth-order valence-corrected chi connectivity index (χ4v) is 3.83. The van der Waals surface area contributed by atoms with Gasteiger partial charge in [-0.3, -0.25) is 4.90 Å². The molecule has 3 rings (SSSR count). The van der Waals surface area contributed by atoms with Crippen LogP contribution in [0.3, 0.4) is 0 Å². The summed E-state index contributed by atoms with van der Waals surface area (Å²) in [4.78, 5) is 11.4. The summed E-state index contributed by atoms with van der Waals surface area (Å²) < 4.78 is 0. The van der Waals surface area contributed by atoms with Gasteiger partial charge in [-0.05, 0) is 51.6 Å². The highest BCUT2D eigenvalue weighted by molar-refractivity contribution is 5.05. The fourth-order valence-electron chi connectivity index (χ4n) is 3.83. The third kappa shape index (κ3) is 3.01. The van der Waals surface area contributed by atoms with E-state index in [4.69, 9.17) is 0 Å². The molecule has 0 amide bonds. The smallest absolute Gasteiger partial charge is 0.125 e. The molecule has 1 aromatic rings. The molecule has 3 heterocycles. The molecule has 2 bridgehead atoms. The van der Waals surface area contributed by atoms with E-state index in [9.17, 15) is 0 Å². The van der Waals surface area contributed by atoms with Gasteiger partial charge in [-0.15, -0.1) is 0 Å². The lowest BCUT2D eigenvalue weighted by Gasteiger charge is -2.39. The summed E-state index contributed by atoms with van der Waals surface area (Å²) in [6, 6.07) is 4.29. The van der Waals surface area contributed by atoms with E-state index in [1.54, 1.807) is 0 Å². The van der Waals surface area contributed by atoms with E-state index in [-0.39, 0.29) is 0 Å². The van der Waals surface area contributed by atoms with Crippen LogP contribution in [0.1, 0.15) is 50.5 Å². The lowest BCUT2D eigenvalue weighted by Crippen LogP contribution is -2.48. The second-order valence-corrected chi connectivity index (χ2v) is 6.27. The molecule has 0 spiro atoms. The Kier molecular flexibility index (Phi) is 4.32. The van der Waals surface area contributed by atoms with Crippen LogP contribution >= 0.6 is 0 Å². The van der Waals surface area contributed by atoms with Gasteiger partial charge >= 0.3 is 0 Å². The van der Waals surface area contributed by atoms with E-state index >= 15 is 0 Å². The van der Waals surface area contributed by atoms with Crippen molar-refractivity contribution in [2.45, 2.75) is 70.6 Å². The predicted molar refractivity (Wildman–Crippen MR) is 80.4 cm³/mol. The summed E-state index contributed by atoms with van der Waals surface area (Å²) in [5, 5.41) is 3.71. The molecule has 4 heteroatoms. The second-order valence-electron chi connectivity index (χ2n) is 6.27. The zero-order valence-corrected chi connectivity index (χ0v) is 12.7. The third-order valence-corrected chi connectivity index (χ3v) is 4.75. The molecule has 2 atom stereocenters. The van der Waals surface area contributed by atoms with Crippen molar-refractivity contribution in [3.63, 3.8) is 0 Å². The third-order valence-electron chi connectivity index (χ3n) is 4.75. The molecule has 4 nitrogen and oxygen atoms in total. The monoisotopic (exact) mass is 274 g/mol. The Morgan fingerprint density at radius 2 is 2.05 bits per heavy atom. The topological polar surface area (TPSA) is 41.0 Å². The van der Waals surface area contributed by atoms with Gasteiger partial charge in [0.2, 0.25) is 0 Å². The van der Waals surface area contributed by atoms with Crippen molar-refractivity contribution in [2.75, 3.05) is 6.54 Å². The average molecular weight is 274 g/mol. The number of nitrogens with one attached hydrogen (secondary N) is 1. The van der Waals surface area contributed by atoms with Gasteiger partial charge in [0.15, 0.2) is 0 Å². The van der Waals surface area contributed by atoms with Crippen molar-refractivity contribution in [1.82, 2.24) is 20.2 Å². The van der Waals surface area contributed by atoms with Crippen molar-refractivity contribution in [3.8, 4) is 0 Å². The van der Waals surface area contributed by atoms with Crippen LogP contribution in [-0.2, 0) is 6.54 Å². The maximum atomic E-state index is 4.56. The van der Waals surface area contributed by atoms with E-state index in [0.717, 1.165) is 37.0 Å². The minimum absolute atomic E-state index is 0.732. The van der Waals surface area contributed by atoms with E-state index < -0.39 is 0 Å². The minimum Gasteiger partial charge on any atom is -0.314 e.